The molecule has 0 aliphatic rings. The van der Waals surface area contributed by atoms with Crippen LogP contribution in [0.15, 0.2) is 18.3 Å². The minimum atomic E-state index is 0.282. The first kappa shape index (κ1) is 11.3. The first-order valence-electron chi connectivity index (χ1n) is 4.63. The average molecular weight is 213 g/mol. The van der Waals surface area contributed by atoms with Crippen LogP contribution in [0.5, 0.6) is 0 Å². The summed E-state index contributed by atoms with van der Waals surface area (Å²) in [5.74, 6) is 2.85. The van der Waals surface area contributed by atoms with Crippen molar-refractivity contribution in [3.63, 3.8) is 0 Å². The smallest absolute Gasteiger partial charge is 0.148 e. The summed E-state index contributed by atoms with van der Waals surface area (Å²) in [4.78, 5) is 0. The Balaban J connectivity index is 1.99. The molecule has 4 nitrogen and oxygen atoms in total. The predicted octanol–water partition coefficient (Wildman–Crippen LogP) is 1.00. The number of rotatable bonds is 7. The van der Waals surface area contributed by atoms with Crippen molar-refractivity contribution in [2.75, 3.05) is 30.0 Å². The van der Waals surface area contributed by atoms with Gasteiger partial charge in [0, 0.05) is 25.1 Å². The van der Waals surface area contributed by atoms with Gasteiger partial charge < -0.3 is 10.4 Å². The van der Waals surface area contributed by atoms with Crippen molar-refractivity contribution in [1.82, 2.24) is 10.2 Å². The lowest BCUT2D eigenvalue weighted by molar-refractivity contribution is 0.296. The molecule has 0 aliphatic heterocycles. The normalized spacial score (nSPS) is 10.1. The van der Waals surface area contributed by atoms with Crippen LogP contribution in [-0.2, 0) is 0 Å². The van der Waals surface area contributed by atoms with Crippen LogP contribution in [0.2, 0.25) is 0 Å². The lowest BCUT2D eigenvalue weighted by Crippen LogP contribution is -2.06. The molecule has 5 heteroatoms. The molecule has 0 saturated heterocycles. The Kier molecular flexibility index (Phi) is 6.10. The number of hydrogen-bond acceptors (Lipinski definition) is 5. The maximum Gasteiger partial charge on any atom is 0.148 e. The molecule has 1 aromatic rings. The highest BCUT2D eigenvalue weighted by atomic mass is 32.2. The number of aromatic nitrogens is 2. The largest absolute Gasteiger partial charge is 0.396 e. The maximum atomic E-state index is 8.55. The van der Waals surface area contributed by atoms with Gasteiger partial charge in [0.15, 0.2) is 0 Å². The van der Waals surface area contributed by atoms with Crippen LogP contribution >= 0.6 is 11.8 Å². The Bertz CT molecular complexity index is 233. The van der Waals surface area contributed by atoms with Gasteiger partial charge in [0.25, 0.3) is 0 Å². The fourth-order valence-corrected chi connectivity index (χ4v) is 1.70. The highest BCUT2D eigenvalue weighted by molar-refractivity contribution is 7.99. The molecule has 0 unspecified atom stereocenters. The molecule has 1 rings (SSSR count). The van der Waals surface area contributed by atoms with Gasteiger partial charge in [-0.1, -0.05) is 0 Å². The number of aliphatic hydroxyl groups is 1. The molecule has 78 valence electrons. The molecular formula is C9H15N3OS. The highest BCUT2D eigenvalue weighted by Crippen LogP contribution is 2.03. The number of nitrogens with one attached hydrogen (secondary N) is 1. The number of aliphatic hydroxyl groups excluding tert-OH is 1. The zero-order chi connectivity index (χ0) is 10.1. The van der Waals surface area contributed by atoms with Crippen LogP contribution < -0.4 is 5.32 Å². The number of thioether (sulfide) groups is 1. The van der Waals surface area contributed by atoms with E-state index in [0.29, 0.717) is 0 Å². The van der Waals surface area contributed by atoms with E-state index in [0.717, 1.165) is 30.3 Å². The molecule has 0 bridgehead atoms. The Labute approximate surface area is 88.1 Å². The second-order valence-corrected chi connectivity index (χ2v) is 3.95. The summed E-state index contributed by atoms with van der Waals surface area (Å²) in [6.07, 6.45) is 2.52. The van der Waals surface area contributed by atoms with E-state index in [-0.39, 0.29) is 6.61 Å². The zero-order valence-electron chi connectivity index (χ0n) is 8.02. The maximum absolute atomic E-state index is 8.55. The summed E-state index contributed by atoms with van der Waals surface area (Å²) in [5.41, 5.74) is 0. The predicted molar refractivity (Wildman–Crippen MR) is 59.5 cm³/mol. The van der Waals surface area contributed by atoms with E-state index in [1.807, 2.05) is 23.9 Å². The Morgan fingerprint density at radius 3 is 3.07 bits per heavy atom. The third-order valence-corrected chi connectivity index (χ3v) is 2.64. The van der Waals surface area contributed by atoms with Gasteiger partial charge in [-0.25, -0.2) is 0 Å². The Hall–Kier alpha value is -0.810. The van der Waals surface area contributed by atoms with Crippen molar-refractivity contribution < 1.29 is 5.11 Å². The van der Waals surface area contributed by atoms with Crippen LogP contribution in [0, 0.1) is 0 Å². The SMILES string of the molecule is OCCCSCCNc1cccnn1. The van der Waals surface area contributed by atoms with Gasteiger partial charge in [-0.3, -0.25) is 0 Å². The first-order chi connectivity index (χ1) is 6.93. The standard InChI is InChI=1S/C9H15N3OS/c13-6-2-7-14-8-5-10-9-3-1-4-11-12-9/h1,3-4,13H,2,5-8H2,(H,10,12). The van der Waals surface area contributed by atoms with Crippen molar-refractivity contribution in [2.24, 2.45) is 0 Å². The minimum Gasteiger partial charge on any atom is -0.396 e. The average Bonchev–Trinajstić information content (AvgIpc) is 2.25. The van der Waals surface area contributed by atoms with Gasteiger partial charge in [-0.05, 0) is 24.3 Å². The van der Waals surface area contributed by atoms with Crippen molar-refractivity contribution in [3.05, 3.63) is 18.3 Å². The summed E-state index contributed by atoms with van der Waals surface area (Å²) in [7, 11) is 0. The zero-order valence-corrected chi connectivity index (χ0v) is 8.83. The molecule has 1 aromatic heterocycles. The quantitative estimate of drug-likeness (QED) is 0.662. The molecule has 0 saturated carbocycles. The van der Waals surface area contributed by atoms with Crippen LogP contribution in [0.25, 0.3) is 0 Å². The third kappa shape index (κ3) is 5.04. The van der Waals surface area contributed by atoms with Crippen LogP contribution in [0.1, 0.15) is 6.42 Å². The third-order valence-electron chi connectivity index (χ3n) is 1.57. The molecule has 0 aliphatic carbocycles. The molecule has 0 atom stereocenters. The lowest BCUT2D eigenvalue weighted by Gasteiger charge is -2.03. The Morgan fingerprint density at radius 1 is 1.43 bits per heavy atom. The second kappa shape index (κ2) is 7.58. The number of anilines is 1. The van der Waals surface area contributed by atoms with Gasteiger partial charge in [-0.2, -0.15) is 16.9 Å². The topological polar surface area (TPSA) is 58.0 Å². The van der Waals surface area contributed by atoms with E-state index in [1.165, 1.54) is 0 Å². The molecular weight excluding hydrogens is 198 g/mol. The van der Waals surface area contributed by atoms with Gasteiger partial charge in [0.1, 0.15) is 5.82 Å². The van der Waals surface area contributed by atoms with E-state index in [2.05, 4.69) is 15.5 Å². The monoisotopic (exact) mass is 213 g/mol. The molecule has 0 fully saturated rings. The summed E-state index contributed by atoms with van der Waals surface area (Å²) in [6.45, 7) is 1.17. The summed E-state index contributed by atoms with van der Waals surface area (Å²) >= 11 is 1.83. The van der Waals surface area contributed by atoms with E-state index < -0.39 is 0 Å². The first-order valence-corrected chi connectivity index (χ1v) is 5.79. The van der Waals surface area contributed by atoms with Crippen molar-refractivity contribution in [1.29, 1.82) is 0 Å². The molecule has 0 amide bonds. The summed E-state index contributed by atoms with van der Waals surface area (Å²) in [6, 6.07) is 3.75. The van der Waals surface area contributed by atoms with Gasteiger partial charge in [-0.15, -0.1) is 5.10 Å². The van der Waals surface area contributed by atoms with Crippen LogP contribution in [0.4, 0.5) is 5.82 Å². The van der Waals surface area contributed by atoms with Gasteiger partial charge >= 0.3 is 0 Å². The molecule has 0 spiro atoms. The van der Waals surface area contributed by atoms with Crippen molar-refractivity contribution in [2.45, 2.75) is 6.42 Å². The fraction of sp³-hybridized carbons (Fsp3) is 0.556. The molecule has 2 N–H and O–H groups in total. The summed E-state index contributed by atoms with van der Waals surface area (Å²) in [5, 5.41) is 19.4. The Morgan fingerprint density at radius 2 is 2.36 bits per heavy atom. The van der Waals surface area contributed by atoms with Crippen molar-refractivity contribution >= 4 is 17.6 Å². The number of hydrogen-bond donors (Lipinski definition) is 2. The van der Waals surface area contributed by atoms with Gasteiger partial charge in [0.05, 0.1) is 0 Å². The lowest BCUT2D eigenvalue weighted by atomic mass is 10.5. The molecule has 0 radical (unpaired) electrons. The van der Waals surface area contributed by atoms with E-state index in [1.54, 1.807) is 6.20 Å². The minimum absolute atomic E-state index is 0.282. The second-order valence-electron chi connectivity index (χ2n) is 2.73. The number of nitrogens with zero attached hydrogens (tertiary/aromatic N) is 2. The molecule has 0 aromatic carbocycles. The summed E-state index contributed by atoms with van der Waals surface area (Å²) < 4.78 is 0. The van der Waals surface area contributed by atoms with Crippen LogP contribution in [-0.4, -0.2) is 40.0 Å². The molecule has 14 heavy (non-hydrogen) atoms. The van der Waals surface area contributed by atoms with E-state index in [4.69, 9.17) is 5.11 Å². The fourth-order valence-electron chi connectivity index (χ4n) is 0.916. The molecule has 1 heterocycles. The van der Waals surface area contributed by atoms with Crippen molar-refractivity contribution in [3.8, 4) is 0 Å². The van der Waals surface area contributed by atoms with E-state index in [9.17, 15) is 0 Å². The van der Waals surface area contributed by atoms with Gasteiger partial charge in [0.2, 0.25) is 0 Å². The van der Waals surface area contributed by atoms with Crippen LogP contribution in [0.3, 0.4) is 0 Å². The van der Waals surface area contributed by atoms with E-state index >= 15 is 0 Å². The highest BCUT2D eigenvalue weighted by Gasteiger charge is 1.92.